The lowest BCUT2D eigenvalue weighted by atomic mass is 10.0. The van der Waals surface area contributed by atoms with Gasteiger partial charge < -0.3 is 12.4 Å². The predicted molar refractivity (Wildman–Crippen MR) is 81.6 cm³/mol. The zero-order chi connectivity index (χ0) is 14.7. The van der Waals surface area contributed by atoms with Crippen molar-refractivity contribution in [1.82, 2.24) is 0 Å². The van der Waals surface area contributed by atoms with Crippen molar-refractivity contribution < 1.29 is 21.8 Å². The zero-order valence-corrected chi connectivity index (χ0v) is 13.3. The van der Waals surface area contributed by atoms with Crippen molar-refractivity contribution in [2.75, 3.05) is 5.73 Å². The second-order valence-corrected chi connectivity index (χ2v) is 5.11. The summed E-state index contributed by atoms with van der Waals surface area (Å²) in [4.78, 5) is 12.2. The summed E-state index contributed by atoms with van der Waals surface area (Å²) in [5, 5.41) is 0.558. The van der Waals surface area contributed by atoms with E-state index in [0.29, 0.717) is 16.4 Å². The Morgan fingerprint density at radius 3 is 2.62 bits per heavy atom. The number of hydrogen-bond acceptors (Lipinski definition) is 2. The molecule has 0 bridgehead atoms. The molecule has 2 rings (SSSR count). The topological polar surface area (TPSA) is 47.0 Å². The molecule has 0 unspecified atom stereocenters. The summed E-state index contributed by atoms with van der Waals surface area (Å²) in [6.45, 7) is 3.93. The maximum atomic E-state index is 12.2. The van der Waals surface area contributed by atoms with Gasteiger partial charge in [-0.2, -0.15) is 0 Å². The molecule has 3 nitrogen and oxygen atoms in total. The number of benzene rings is 1. The molecule has 1 aromatic carbocycles. The third-order valence-corrected chi connectivity index (χ3v) is 3.23. The molecule has 0 amide bonds. The van der Waals surface area contributed by atoms with Gasteiger partial charge in [-0.05, 0) is 25.5 Å². The molecule has 110 valence electrons. The summed E-state index contributed by atoms with van der Waals surface area (Å²) < 4.78 is 1.61. The van der Waals surface area contributed by atoms with Crippen LogP contribution in [0.3, 0.4) is 0 Å². The highest BCUT2D eigenvalue weighted by Gasteiger charge is 2.07. The number of nitrogens with zero attached hydrogens (tertiary/aromatic N) is 1. The monoisotopic (exact) mass is 322 g/mol. The molecule has 0 saturated heterocycles. The van der Waals surface area contributed by atoms with Crippen LogP contribution in [-0.4, -0.2) is 5.78 Å². The van der Waals surface area contributed by atoms with Crippen LogP contribution in [0.25, 0.3) is 6.20 Å². The summed E-state index contributed by atoms with van der Waals surface area (Å²) in [5.74, 6) is 0.452. The number of nitrogen functional groups attached to an aromatic ring is 1. The Morgan fingerprint density at radius 2 is 1.95 bits per heavy atom. The first-order valence-electron chi connectivity index (χ1n) is 6.23. The van der Waals surface area contributed by atoms with E-state index < -0.39 is 0 Å². The highest BCUT2D eigenvalue weighted by Crippen LogP contribution is 2.12. The van der Waals surface area contributed by atoms with Crippen molar-refractivity contribution in [2.45, 2.75) is 13.8 Å². The van der Waals surface area contributed by atoms with Crippen LogP contribution in [0, 0.1) is 13.8 Å². The van der Waals surface area contributed by atoms with Gasteiger partial charge in [0, 0.05) is 17.7 Å². The molecule has 1 aromatic heterocycles. The Bertz CT molecular complexity index is 697. The van der Waals surface area contributed by atoms with E-state index in [2.05, 4.69) is 0 Å². The third-order valence-electron chi connectivity index (χ3n) is 3.01. The van der Waals surface area contributed by atoms with Crippen LogP contribution in [0.4, 0.5) is 5.82 Å². The van der Waals surface area contributed by atoms with Crippen LogP contribution in [0.2, 0.25) is 5.02 Å². The Kier molecular flexibility index (Phi) is 5.94. The van der Waals surface area contributed by atoms with Crippen molar-refractivity contribution in [1.29, 1.82) is 0 Å². The van der Waals surface area contributed by atoms with Gasteiger partial charge >= 0.3 is 0 Å². The summed E-state index contributed by atoms with van der Waals surface area (Å²) in [7, 11) is 0. The van der Waals surface area contributed by atoms with Gasteiger partial charge in [-0.1, -0.05) is 35.4 Å². The van der Waals surface area contributed by atoms with E-state index in [0.717, 1.165) is 11.1 Å². The number of anilines is 1. The quantitative estimate of drug-likeness (QED) is 0.498. The van der Waals surface area contributed by atoms with Crippen molar-refractivity contribution in [3.05, 3.63) is 64.3 Å². The van der Waals surface area contributed by atoms with Crippen LogP contribution in [0.5, 0.6) is 0 Å². The minimum Gasteiger partial charge on any atom is -1.00 e. The molecule has 0 atom stereocenters. The van der Waals surface area contributed by atoms with Crippen molar-refractivity contribution in [2.24, 2.45) is 0 Å². The Labute approximate surface area is 135 Å². The SMILES string of the molecule is Cc1ccc(C(=O)C=C[n+]2cc(Cl)ccc2N)c(C)c1.[Cl-]. The molecular weight excluding hydrogens is 307 g/mol. The van der Waals surface area contributed by atoms with Crippen molar-refractivity contribution in [3.63, 3.8) is 0 Å². The van der Waals surface area contributed by atoms with Crippen LogP contribution in [0.15, 0.2) is 42.6 Å². The number of aryl methyl sites for hydroxylation is 2. The van der Waals surface area contributed by atoms with Gasteiger partial charge in [0.05, 0.1) is 11.2 Å². The second-order valence-electron chi connectivity index (χ2n) is 4.68. The molecule has 5 heteroatoms. The number of carbonyl (C=O) groups is 1. The number of carbonyl (C=O) groups excluding carboxylic acids is 1. The molecule has 0 fully saturated rings. The number of ketones is 1. The predicted octanol–water partition coefficient (Wildman–Crippen LogP) is 0.184. The molecule has 0 aliphatic heterocycles. The molecule has 2 N–H and O–H groups in total. The number of aromatic nitrogens is 1. The smallest absolute Gasteiger partial charge is 0.277 e. The average Bonchev–Trinajstić information content (AvgIpc) is 2.39. The summed E-state index contributed by atoms with van der Waals surface area (Å²) >= 11 is 5.90. The fraction of sp³-hybridized carbons (Fsp3) is 0.125. The maximum absolute atomic E-state index is 12.2. The molecule has 2 aromatic rings. The van der Waals surface area contributed by atoms with Crippen LogP contribution < -0.4 is 22.7 Å². The standard InChI is InChI=1S/C16H15ClN2O.ClH/c1-11-3-5-14(12(2)9-11)15(20)7-8-19-10-13(17)4-6-16(19)18;/h3-10,18H,1-2H3;1H. The first-order chi connectivity index (χ1) is 9.47. The van der Waals surface area contributed by atoms with Gasteiger partial charge in [0.25, 0.3) is 5.82 Å². The van der Waals surface area contributed by atoms with E-state index in [9.17, 15) is 4.79 Å². The minimum absolute atomic E-state index is 0. The van der Waals surface area contributed by atoms with Crippen LogP contribution in [0.1, 0.15) is 21.5 Å². The summed E-state index contributed by atoms with van der Waals surface area (Å²) in [6, 6.07) is 9.14. The fourth-order valence-corrected chi connectivity index (χ4v) is 2.13. The molecule has 0 radical (unpaired) electrons. The molecule has 0 saturated carbocycles. The van der Waals surface area contributed by atoms with E-state index in [-0.39, 0.29) is 18.2 Å². The van der Waals surface area contributed by atoms with Gasteiger partial charge in [-0.15, -0.1) is 0 Å². The second kappa shape index (κ2) is 7.25. The van der Waals surface area contributed by atoms with E-state index in [1.807, 2.05) is 32.0 Å². The van der Waals surface area contributed by atoms with Crippen LogP contribution in [-0.2, 0) is 0 Å². The number of allylic oxidation sites excluding steroid dienone is 1. The molecule has 0 spiro atoms. The first kappa shape index (κ1) is 17.2. The normalized spacial score (nSPS) is 10.4. The van der Waals surface area contributed by atoms with E-state index >= 15 is 0 Å². The minimum atomic E-state index is -0.0608. The van der Waals surface area contributed by atoms with Gasteiger partial charge in [0.1, 0.15) is 6.20 Å². The highest BCUT2D eigenvalue weighted by molar-refractivity contribution is 6.30. The number of pyridine rings is 1. The van der Waals surface area contributed by atoms with E-state index in [1.54, 1.807) is 29.1 Å². The lowest BCUT2D eigenvalue weighted by Gasteiger charge is -2.02. The number of nitrogens with two attached hydrogens (primary N) is 1. The third kappa shape index (κ3) is 4.31. The lowest BCUT2D eigenvalue weighted by molar-refractivity contribution is -0.552. The van der Waals surface area contributed by atoms with Crippen molar-refractivity contribution >= 4 is 29.4 Å². The summed E-state index contributed by atoms with van der Waals surface area (Å²) in [6.07, 6.45) is 4.76. The number of rotatable bonds is 3. The molecule has 21 heavy (non-hydrogen) atoms. The van der Waals surface area contributed by atoms with E-state index in [1.165, 1.54) is 6.08 Å². The van der Waals surface area contributed by atoms with Gasteiger partial charge in [-0.25, -0.2) is 4.57 Å². The van der Waals surface area contributed by atoms with Crippen molar-refractivity contribution in [3.8, 4) is 0 Å². The average molecular weight is 323 g/mol. The summed E-state index contributed by atoms with van der Waals surface area (Å²) in [5.41, 5.74) is 8.59. The molecule has 1 heterocycles. The molecule has 0 aliphatic rings. The Morgan fingerprint density at radius 1 is 1.24 bits per heavy atom. The Hall–Kier alpha value is -1.84. The zero-order valence-electron chi connectivity index (χ0n) is 11.8. The fourth-order valence-electron chi connectivity index (χ4n) is 1.96. The number of hydrogen-bond donors (Lipinski definition) is 1. The van der Waals surface area contributed by atoms with Gasteiger partial charge in [0.15, 0.2) is 5.78 Å². The highest BCUT2D eigenvalue weighted by atomic mass is 35.5. The largest absolute Gasteiger partial charge is 1.00 e. The van der Waals surface area contributed by atoms with Gasteiger partial charge in [0.2, 0.25) is 0 Å². The van der Waals surface area contributed by atoms with E-state index in [4.69, 9.17) is 17.3 Å². The Balaban J connectivity index is 0.00000220. The van der Waals surface area contributed by atoms with Crippen LogP contribution >= 0.6 is 11.6 Å². The maximum Gasteiger partial charge on any atom is 0.277 e. The number of halogens is 2. The lowest BCUT2D eigenvalue weighted by Crippen LogP contribution is -3.00. The molecular formula is C16H16Cl2N2O. The van der Waals surface area contributed by atoms with Gasteiger partial charge in [-0.3, -0.25) is 10.5 Å². The first-order valence-corrected chi connectivity index (χ1v) is 6.61. The molecule has 0 aliphatic carbocycles.